The Morgan fingerprint density at radius 3 is 3.05 bits per heavy atom. The largest absolute Gasteiger partial charge is 0.354 e. The summed E-state index contributed by atoms with van der Waals surface area (Å²) in [5.41, 5.74) is 0. The highest BCUT2D eigenvalue weighted by Gasteiger charge is 2.24. The highest BCUT2D eigenvalue weighted by Crippen LogP contribution is 2.16. The molecule has 1 amide bonds. The Kier molecular flexibility index (Phi) is 5.45. The lowest BCUT2D eigenvalue weighted by molar-refractivity contribution is -0.123. The molecule has 2 N–H and O–H groups in total. The number of nitrogens with zero attached hydrogens (tertiary/aromatic N) is 3. The average Bonchev–Trinajstić information content (AvgIpc) is 3.24. The van der Waals surface area contributed by atoms with Crippen molar-refractivity contribution in [2.75, 3.05) is 32.7 Å². The van der Waals surface area contributed by atoms with Crippen LogP contribution in [0.25, 0.3) is 0 Å². The van der Waals surface area contributed by atoms with E-state index in [1.165, 1.54) is 12.8 Å². The average molecular weight is 305 g/mol. The number of carbonyl (C=O) groups excluding carboxylic acids is 1. The molecule has 2 unspecified atom stereocenters. The van der Waals surface area contributed by atoms with Gasteiger partial charge in [-0.1, -0.05) is 0 Å². The van der Waals surface area contributed by atoms with Gasteiger partial charge in [-0.25, -0.2) is 0 Å². The van der Waals surface area contributed by atoms with Crippen LogP contribution in [0.15, 0.2) is 18.5 Å². The quantitative estimate of drug-likeness (QED) is 0.802. The van der Waals surface area contributed by atoms with E-state index in [1.807, 2.05) is 23.1 Å². The van der Waals surface area contributed by atoms with E-state index in [4.69, 9.17) is 0 Å². The Hall–Kier alpha value is -1.40. The maximum atomic E-state index is 12.1. The van der Waals surface area contributed by atoms with Crippen LogP contribution in [0.3, 0.4) is 0 Å². The lowest BCUT2D eigenvalue weighted by Gasteiger charge is -2.33. The number of hydrogen-bond acceptors (Lipinski definition) is 4. The van der Waals surface area contributed by atoms with Gasteiger partial charge < -0.3 is 15.5 Å². The molecule has 6 nitrogen and oxygen atoms in total. The van der Waals surface area contributed by atoms with Crippen LogP contribution < -0.4 is 10.6 Å². The van der Waals surface area contributed by atoms with Crippen LogP contribution in [-0.4, -0.2) is 59.4 Å². The first-order chi connectivity index (χ1) is 10.8. The van der Waals surface area contributed by atoms with Gasteiger partial charge in [0.05, 0.1) is 12.6 Å². The number of rotatable bonds is 6. The van der Waals surface area contributed by atoms with Crippen molar-refractivity contribution in [1.82, 2.24) is 25.3 Å². The van der Waals surface area contributed by atoms with E-state index in [2.05, 4.69) is 20.6 Å². The summed E-state index contributed by atoms with van der Waals surface area (Å²) in [6.45, 7) is 6.02. The van der Waals surface area contributed by atoms with Crippen molar-refractivity contribution in [2.45, 2.75) is 38.3 Å². The molecule has 1 aromatic heterocycles. The van der Waals surface area contributed by atoms with Crippen LogP contribution in [0.2, 0.25) is 0 Å². The fourth-order valence-electron chi connectivity index (χ4n) is 3.47. The minimum atomic E-state index is 0.0412. The Bertz CT molecular complexity index is 455. The minimum absolute atomic E-state index is 0.0412. The number of amides is 1. The highest BCUT2D eigenvalue weighted by molar-refractivity contribution is 5.81. The van der Waals surface area contributed by atoms with E-state index in [0.29, 0.717) is 5.92 Å². The first-order valence-corrected chi connectivity index (χ1v) is 8.52. The van der Waals surface area contributed by atoms with E-state index < -0.39 is 0 Å². The molecule has 6 heteroatoms. The fraction of sp³-hybridized carbons (Fsp3) is 0.750. The number of piperidine rings is 1. The van der Waals surface area contributed by atoms with Crippen molar-refractivity contribution in [1.29, 1.82) is 0 Å². The van der Waals surface area contributed by atoms with E-state index in [9.17, 15) is 4.79 Å². The zero-order valence-electron chi connectivity index (χ0n) is 13.2. The third kappa shape index (κ3) is 4.30. The number of nitrogens with one attached hydrogen (secondary N) is 2. The van der Waals surface area contributed by atoms with Gasteiger partial charge in [0.25, 0.3) is 0 Å². The summed E-state index contributed by atoms with van der Waals surface area (Å²) in [6, 6.07) is 2.01. The molecule has 0 spiro atoms. The molecule has 1 aromatic rings. The zero-order valence-corrected chi connectivity index (χ0v) is 13.2. The maximum Gasteiger partial charge on any atom is 0.237 e. The van der Waals surface area contributed by atoms with Crippen molar-refractivity contribution in [2.24, 2.45) is 5.92 Å². The first-order valence-electron chi connectivity index (χ1n) is 8.52. The third-order valence-electron chi connectivity index (χ3n) is 4.75. The van der Waals surface area contributed by atoms with Crippen molar-refractivity contribution >= 4 is 5.91 Å². The molecular weight excluding hydrogens is 278 g/mol. The Morgan fingerprint density at radius 1 is 1.32 bits per heavy atom. The lowest BCUT2D eigenvalue weighted by atomic mass is 9.98. The topological polar surface area (TPSA) is 62.2 Å². The van der Waals surface area contributed by atoms with Gasteiger partial charge >= 0.3 is 0 Å². The van der Waals surface area contributed by atoms with Crippen LogP contribution >= 0.6 is 0 Å². The van der Waals surface area contributed by atoms with Crippen LogP contribution in [0.1, 0.15) is 25.7 Å². The lowest BCUT2D eigenvalue weighted by Crippen LogP contribution is -2.46. The minimum Gasteiger partial charge on any atom is -0.354 e. The van der Waals surface area contributed by atoms with Crippen LogP contribution in [-0.2, 0) is 11.3 Å². The molecule has 0 aromatic carbocycles. The van der Waals surface area contributed by atoms with Crippen molar-refractivity contribution < 1.29 is 4.79 Å². The van der Waals surface area contributed by atoms with Crippen LogP contribution in [0, 0.1) is 5.92 Å². The SMILES string of the molecule is O=C(NCC1CCCN(CCn2cccn2)C1)C1CCCN1. The molecule has 2 atom stereocenters. The fourth-order valence-corrected chi connectivity index (χ4v) is 3.47. The number of carbonyl (C=O) groups is 1. The summed E-state index contributed by atoms with van der Waals surface area (Å²) >= 11 is 0. The Labute approximate surface area is 132 Å². The predicted molar refractivity (Wildman–Crippen MR) is 85.4 cm³/mol. The molecule has 2 fully saturated rings. The Morgan fingerprint density at radius 2 is 2.27 bits per heavy atom. The van der Waals surface area contributed by atoms with Gasteiger partial charge in [-0.05, 0) is 50.8 Å². The van der Waals surface area contributed by atoms with E-state index >= 15 is 0 Å². The first kappa shape index (κ1) is 15.5. The molecule has 3 rings (SSSR count). The van der Waals surface area contributed by atoms with E-state index in [1.54, 1.807) is 0 Å². The zero-order chi connectivity index (χ0) is 15.2. The summed E-state index contributed by atoms with van der Waals surface area (Å²) in [6.07, 6.45) is 8.37. The second-order valence-electron chi connectivity index (χ2n) is 6.47. The van der Waals surface area contributed by atoms with Gasteiger partial charge in [0.2, 0.25) is 5.91 Å². The molecule has 0 saturated carbocycles. The van der Waals surface area contributed by atoms with Gasteiger partial charge in [-0.3, -0.25) is 9.48 Å². The predicted octanol–water partition coefficient (Wildman–Crippen LogP) is 0.463. The van der Waals surface area contributed by atoms with Gasteiger partial charge in [-0.2, -0.15) is 5.10 Å². The third-order valence-corrected chi connectivity index (χ3v) is 4.75. The Balaban J connectivity index is 1.37. The summed E-state index contributed by atoms with van der Waals surface area (Å²) in [7, 11) is 0. The van der Waals surface area contributed by atoms with E-state index in [-0.39, 0.29) is 11.9 Å². The van der Waals surface area contributed by atoms with Gasteiger partial charge in [0, 0.05) is 32.0 Å². The molecule has 0 aliphatic carbocycles. The molecule has 0 radical (unpaired) electrons. The summed E-state index contributed by atoms with van der Waals surface area (Å²) < 4.78 is 1.98. The van der Waals surface area contributed by atoms with Crippen LogP contribution in [0.5, 0.6) is 0 Å². The highest BCUT2D eigenvalue weighted by atomic mass is 16.2. The normalized spacial score (nSPS) is 26.2. The van der Waals surface area contributed by atoms with Crippen LogP contribution in [0.4, 0.5) is 0 Å². The van der Waals surface area contributed by atoms with Crippen molar-refractivity contribution in [3.8, 4) is 0 Å². The monoisotopic (exact) mass is 305 g/mol. The molecule has 0 bridgehead atoms. The standard InChI is InChI=1S/C16H27N5O/c22-16(15-5-1-6-17-15)18-12-14-4-2-8-20(13-14)10-11-21-9-3-7-19-21/h3,7,9,14-15,17H,1-2,4-6,8,10-13H2,(H,18,22). The molecule has 2 aliphatic heterocycles. The molecule has 122 valence electrons. The summed E-state index contributed by atoms with van der Waals surface area (Å²) in [5.74, 6) is 0.767. The van der Waals surface area contributed by atoms with Gasteiger partial charge in [0.15, 0.2) is 0 Å². The molecule has 2 saturated heterocycles. The second-order valence-corrected chi connectivity index (χ2v) is 6.47. The number of aromatic nitrogens is 2. The van der Waals surface area contributed by atoms with Gasteiger partial charge in [0.1, 0.15) is 0 Å². The molecule has 2 aliphatic rings. The van der Waals surface area contributed by atoms with Gasteiger partial charge in [-0.15, -0.1) is 0 Å². The van der Waals surface area contributed by atoms with Crippen molar-refractivity contribution in [3.63, 3.8) is 0 Å². The molecule has 22 heavy (non-hydrogen) atoms. The van der Waals surface area contributed by atoms with E-state index in [0.717, 1.165) is 52.1 Å². The number of likely N-dealkylation sites (tertiary alicyclic amines) is 1. The van der Waals surface area contributed by atoms with Crippen molar-refractivity contribution in [3.05, 3.63) is 18.5 Å². The maximum absolute atomic E-state index is 12.1. The number of hydrogen-bond donors (Lipinski definition) is 2. The smallest absolute Gasteiger partial charge is 0.237 e. The molecular formula is C16H27N5O. The summed E-state index contributed by atoms with van der Waals surface area (Å²) in [4.78, 5) is 14.5. The summed E-state index contributed by atoms with van der Waals surface area (Å²) in [5, 5.41) is 10.6. The second kappa shape index (κ2) is 7.74. The molecule has 3 heterocycles.